The summed E-state index contributed by atoms with van der Waals surface area (Å²) < 4.78 is 0. The van der Waals surface area contributed by atoms with Gasteiger partial charge in [0.15, 0.2) is 0 Å². The number of carbonyl (C=O) groups excluding carboxylic acids is 1. The molecule has 0 heterocycles. The van der Waals surface area contributed by atoms with E-state index in [-0.39, 0.29) is 6.03 Å². The largest absolute Gasteiger partial charge is 0.338 e. The molecule has 0 fully saturated rings. The number of benzene rings is 2. The van der Waals surface area contributed by atoms with E-state index in [0.717, 1.165) is 12.1 Å². The first kappa shape index (κ1) is 12.2. The highest BCUT2D eigenvalue weighted by Gasteiger charge is 2.00. The van der Waals surface area contributed by atoms with Crippen LogP contribution in [0.1, 0.15) is 5.56 Å². The standard InChI is InChI=1S/C15H15N2O/c18-15(17-14-9-5-2-6-10-14)16-12-11-13-7-3-1-4-8-13/h1,3-10H,11-12H2,(H2,16,17,18). The van der Waals surface area contributed by atoms with Crippen LogP contribution in [0.5, 0.6) is 0 Å². The zero-order chi connectivity index (χ0) is 12.6. The molecule has 0 saturated heterocycles. The lowest BCUT2D eigenvalue weighted by Gasteiger charge is -2.07. The molecule has 18 heavy (non-hydrogen) atoms. The molecule has 2 aromatic rings. The van der Waals surface area contributed by atoms with Gasteiger partial charge in [-0.1, -0.05) is 42.5 Å². The maximum Gasteiger partial charge on any atom is 0.319 e. The summed E-state index contributed by atoms with van der Waals surface area (Å²) in [6, 6.07) is 19.9. The van der Waals surface area contributed by atoms with Gasteiger partial charge in [0.2, 0.25) is 0 Å². The summed E-state index contributed by atoms with van der Waals surface area (Å²) in [5, 5.41) is 5.58. The first-order valence-electron chi connectivity index (χ1n) is 5.89. The molecular formula is C15H15N2O. The zero-order valence-electron chi connectivity index (χ0n) is 10.0. The Morgan fingerprint density at radius 1 is 1.06 bits per heavy atom. The van der Waals surface area contributed by atoms with Crippen LogP contribution in [-0.2, 0) is 6.42 Å². The monoisotopic (exact) mass is 239 g/mol. The molecule has 0 spiro atoms. The Bertz CT molecular complexity index is 482. The summed E-state index contributed by atoms with van der Waals surface area (Å²) in [5.74, 6) is 0. The zero-order valence-corrected chi connectivity index (χ0v) is 10.0. The van der Waals surface area contributed by atoms with Crippen LogP contribution in [-0.4, -0.2) is 12.6 Å². The smallest absolute Gasteiger partial charge is 0.319 e. The van der Waals surface area contributed by atoms with Crippen LogP contribution in [0.2, 0.25) is 0 Å². The lowest BCUT2D eigenvalue weighted by Crippen LogP contribution is -2.30. The number of amides is 2. The molecule has 3 nitrogen and oxygen atoms in total. The summed E-state index contributed by atoms with van der Waals surface area (Å²) in [7, 11) is 0. The number of anilines is 1. The van der Waals surface area contributed by atoms with E-state index in [1.165, 1.54) is 5.56 Å². The Balaban J connectivity index is 1.73. The Kier molecular flexibility index (Phi) is 4.36. The fourth-order valence-corrected chi connectivity index (χ4v) is 1.61. The minimum atomic E-state index is -0.183. The van der Waals surface area contributed by atoms with Crippen molar-refractivity contribution < 1.29 is 4.79 Å². The summed E-state index contributed by atoms with van der Waals surface area (Å²) in [6.45, 7) is 0.620. The van der Waals surface area contributed by atoms with Gasteiger partial charge in [-0.15, -0.1) is 0 Å². The summed E-state index contributed by atoms with van der Waals surface area (Å²) in [4.78, 5) is 11.6. The molecule has 0 atom stereocenters. The first-order valence-corrected chi connectivity index (χ1v) is 5.89. The van der Waals surface area contributed by atoms with E-state index >= 15 is 0 Å². The second kappa shape index (κ2) is 6.45. The number of hydrogen-bond acceptors (Lipinski definition) is 1. The van der Waals surface area contributed by atoms with Crippen LogP contribution in [0.4, 0.5) is 10.5 Å². The van der Waals surface area contributed by atoms with Crippen molar-refractivity contribution >= 4 is 11.7 Å². The molecule has 91 valence electrons. The molecule has 0 aliphatic carbocycles. The highest BCUT2D eigenvalue weighted by atomic mass is 16.2. The SMILES string of the molecule is O=C(NCCc1ccccc1)Nc1cc[c]cc1. The van der Waals surface area contributed by atoms with E-state index in [4.69, 9.17) is 0 Å². The number of nitrogens with one attached hydrogen (secondary N) is 2. The second-order valence-corrected chi connectivity index (χ2v) is 3.91. The number of hydrogen-bond donors (Lipinski definition) is 2. The van der Waals surface area contributed by atoms with Crippen molar-refractivity contribution in [1.29, 1.82) is 0 Å². The quantitative estimate of drug-likeness (QED) is 0.846. The van der Waals surface area contributed by atoms with Gasteiger partial charge in [0, 0.05) is 12.2 Å². The van der Waals surface area contributed by atoms with Crippen molar-refractivity contribution in [3.05, 3.63) is 66.2 Å². The van der Waals surface area contributed by atoms with Crippen LogP contribution >= 0.6 is 0 Å². The van der Waals surface area contributed by atoms with E-state index in [9.17, 15) is 4.79 Å². The van der Waals surface area contributed by atoms with E-state index in [2.05, 4.69) is 16.7 Å². The average molecular weight is 239 g/mol. The van der Waals surface area contributed by atoms with E-state index in [0.29, 0.717) is 6.54 Å². The Hall–Kier alpha value is -2.29. The van der Waals surface area contributed by atoms with E-state index in [1.54, 1.807) is 24.3 Å². The molecule has 2 N–H and O–H groups in total. The predicted molar refractivity (Wildman–Crippen MR) is 72.4 cm³/mol. The van der Waals surface area contributed by atoms with E-state index < -0.39 is 0 Å². The normalized spacial score (nSPS) is 9.78. The van der Waals surface area contributed by atoms with E-state index in [1.807, 2.05) is 30.3 Å². The van der Waals surface area contributed by atoms with Gasteiger partial charge in [0.1, 0.15) is 0 Å². The topological polar surface area (TPSA) is 41.1 Å². The van der Waals surface area contributed by atoms with Crippen LogP contribution in [0.25, 0.3) is 0 Å². The van der Waals surface area contributed by atoms with Crippen molar-refractivity contribution in [2.75, 3.05) is 11.9 Å². The first-order chi connectivity index (χ1) is 8.84. The molecule has 0 bridgehead atoms. The van der Waals surface area contributed by atoms with Crippen molar-refractivity contribution in [3.8, 4) is 0 Å². The highest BCUT2D eigenvalue weighted by Crippen LogP contribution is 2.04. The number of urea groups is 1. The lowest BCUT2D eigenvalue weighted by molar-refractivity contribution is 0.252. The van der Waals surface area contributed by atoms with Gasteiger partial charge < -0.3 is 10.6 Å². The van der Waals surface area contributed by atoms with Crippen molar-refractivity contribution in [2.24, 2.45) is 0 Å². The summed E-state index contributed by atoms with van der Waals surface area (Å²) >= 11 is 0. The molecule has 2 aromatic carbocycles. The third kappa shape index (κ3) is 3.94. The maximum absolute atomic E-state index is 11.6. The van der Waals surface area contributed by atoms with Crippen LogP contribution in [0.3, 0.4) is 0 Å². The molecule has 0 aliphatic rings. The van der Waals surface area contributed by atoms with Crippen LogP contribution in [0.15, 0.2) is 54.6 Å². The molecule has 0 unspecified atom stereocenters. The highest BCUT2D eigenvalue weighted by molar-refractivity contribution is 5.89. The number of rotatable bonds is 4. The van der Waals surface area contributed by atoms with Gasteiger partial charge >= 0.3 is 6.03 Å². The molecule has 0 aliphatic heterocycles. The molecule has 3 heteroatoms. The minimum absolute atomic E-state index is 0.183. The van der Waals surface area contributed by atoms with Gasteiger partial charge in [-0.25, -0.2) is 4.79 Å². The van der Waals surface area contributed by atoms with Crippen LogP contribution < -0.4 is 10.6 Å². The molecule has 0 aromatic heterocycles. The molecule has 0 saturated carbocycles. The number of carbonyl (C=O) groups is 1. The molecule has 2 rings (SSSR count). The Morgan fingerprint density at radius 2 is 1.78 bits per heavy atom. The third-order valence-electron chi connectivity index (χ3n) is 2.52. The Morgan fingerprint density at radius 3 is 2.50 bits per heavy atom. The molecule has 1 radical (unpaired) electrons. The van der Waals surface area contributed by atoms with Crippen molar-refractivity contribution in [1.82, 2.24) is 5.32 Å². The third-order valence-corrected chi connectivity index (χ3v) is 2.52. The molecular weight excluding hydrogens is 224 g/mol. The van der Waals surface area contributed by atoms with Crippen molar-refractivity contribution in [3.63, 3.8) is 0 Å². The van der Waals surface area contributed by atoms with Gasteiger partial charge in [-0.3, -0.25) is 0 Å². The predicted octanol–water partition coefficient (Wildman–Crippen LogP) is 2.85. The summed E-state index contributed by atoms with van der Waals surface area (Å²) in [5.41, 5.74) is 1.98. The minimum Gasteiger partial charge on any atom is -0.338 e. The maximum atomic E-state index is 11.6. The van der Waals surface area contributed by atoms with Gasteiger partial charge in [-0.2, -0.15) is 0 Å². The van der Waals surface area contributed by atoms with Gasteiger partial charge in [0.05, 0.1) is 0 Å². The van der Waals surface area contributed by atoms with Gasteiger partial charge in [-0.05, 0) is 30.2 Å². The van der Waals surface area contributed by atoms with Crippen molar-refractivity contribution in [2.45, 2.75) is 6.42 Å². The fraction of sp³-hybridized carbons (Fsp3) is 0.133. The van der Waals surface area contributed by atoms with Crippen LogP contribution in [0, 0.1) is 6.07 Å². The fourth-order valence-electron chi connectivity index (χ4n) is 1.61. The lowest BCUT2D eigenvalue weighted by atomic mass is 10.1. The second-order valence-electron chi connectivity index (χ2n) is 3.91. The summed E-state index contributed by atoms with van der Waals surface area (Å²) in [6.07, 6.45) is 0.830. The molecule has 2 amide bonds. The average Bonchev–Trinajstić information content (AvgIpc) is 2.41. The van der Waals surface area contributed by atoms with Gasteiger partial charge in [0.25, 0.3) is 0 Å². The Labute approximate surface area is 107 Å².